The number of carbonyl (C=O) groups is 2. The van der Waals surface area contributed by atoms with E-state index in [0.29, 0.717) is 5.75 Å². The molecule has 0 aromatic heterocycles. The summed E-state index contributed by atoms with van der Waals surface area (Å²) >= 11 is 1.49. The van der Waals surface area contributed by atoms with Crippen molar-refractivity contribution in [3.8, 4) is 0 Å². The van der Waals surface area contributed by atoms with Crippen LogP contribution < -0.4 is 0 Å². The second-order valence-corrected chi connectivity index (χ2v) is 4.06. The van der Waals surface area contributed by atoms with Crippen molar-refractivity contribution in [2.24, 2.45) is 0 Å². The van der Waals surface area contributed by atoms with E-state index in [-0.39, 0.29) is 11.3 Å². The first-order chi connectivity index (χ1) is 5.54. The molecule has 1 aliphatic rings. The number of carbonyl (C=O) groups excluding carboxylic acids is 1. The summed E-state index contributed by atoms with van der Waals surface area (Å²) in [6.45, 7) is 3.24. The number of amides is 1. The van der Waals surface area contributed by atoms with E-state index in [1.54, 1.807) is 0 Å². The van der Waals surface area contributed by atoms with Gasteiger partial charge in [0.05, 0.1) is 5.37 Å². The SMILES string of the molecule is CC(=O)N1C(C)SCC1C(=O)O. The Hall–Kier alpha value is -0.710. The molecule has 1 rings (SSSR count). The molecule has 0 saturated carbocycles. The third kappa shape index (κ3) is 1.55. The van der Waals surface area contributed by atoms with E-state index in [9.17, 15) is 9.59 Å². The van der Waals surface area contributed by atoms with Gasteiger partial charge in [-0.1, -0.05) is 0 Å². The molecule has 1 heterocycles. The van der Waals surface area contributed by atoms with Gasteiger partial charge in [-0.25, -0.2) is 4.79 Å². The van der Waals surface area contributed by atoms with E-state index < -0.39 is 12.0 Å². The van der Waals surface area contributed by atoms with Crippen LogP contribution in [0.2, 0.25) is 0 Å². The number of carboxylic acid groups (broad SMARTS) is 1. The van der Waals surface area contributed by atoms with Crippen molar-refractivity contribution in [3.63, 3.8) is 0 Å². The van der Waals surface area contributed by atoms with Crippen LogP contribution in [0, 0.1) is 0 Å². The molecule has 12 heavy (non-hydrogen) atoms. The lowest BCUT2D eigenvalue weighted by Crippen LogP contribution is -2.43. The average molecular weight is 189 g/mol. The van der Waals surface area contributed by atoms with E-state index in [2.05, 4.69) is 0 Å². The first-order valence-corrected chi connectivity index (χ1v) is 4.72. The van der Waals surface area contributed by atoms with Crippen LogP contribution in [0.4, 0.5) is 0 Å². The quantitative estimate of drug-likeness (QED) is 0.648. The molecule has 2 atom stereocenters. The molecule has 1 fully saturated rings. The van der Waals surface area contributed by atoms with Crippen molar-refractivity contribution in [1.82, 2.24) is 4.90 Å². The van der Waals surface area contributed by atoms with Crippen molar-refractivity contribution in [2.45, 2.75) is 25.3 Å². The third-order valence-electron chi connectivity index (χ3n) is 1.87. The topological polar surface area (TPSA) is 57.6 Å². The number of hydrogen-bond donors (Lipinski definition) is 1. The molecule has 68 valence electrons. The maximum Gasteiger partial charge on any atom is 0.327 e. The van der Waals surface area contributed by atoms with Gasteiger partial charge < -0.3 is 10.0 Å². The summed E-state index contributed by atoms with van der Waals surface area (Å²) in [5.41, 5.74) is 0. The molecular formula is C7H11NO3S. The molecule has 1 saturated heterocycles. The number of carboxylic acids is 1. The van der Waals surface area contributed by atoms with Crippen molar-refractivity contribution < 1.29 is 14.7 Å². The maximum absolute atomic E-state index is 11.0. The van der Waals surface area contributed by atoms with Gasteiger partial charge in [0.15, 0.2) is 0 Å². The molecule has 0 bridgehead atoms. The molecule has 0 aliphatic carbocycles. The van der Waals surface area contributed by atoms with Crippen LogP contribution in [-0.2, 0) is 9.59 Å². The minimum atomic E-state index is -0.915. The summed E-state index contributed by atoms with van der Waals surface area (Å²) in [6.07, 6.45) is 0. The van der Waals surface area contributed by atoms with Gasteiger partial charge >= 0.3 is 5.97 Å². The summed E-state index contributed by atoms with van der Waals surface area (Å²) in [5, 5.41) is 8.73. The molecule has 5 heteroatoms. The highest BCUT2D eigenvalue weighted by Crippen LogP contribution is 2.28. The van der Waals surface area contributed by atoms with E-state index in [1.807, 2.05) is 6.92 Å². The Kier molecular flexibility index (Phi) is 2.62. The molecule has 1 amide bonds. The van der Waals surface area contributed by atoms with Gasteiger partial charge in [-0.2, -0.15) is 0 Å². The highest BCUT2D eigenvalue weighted by atomic mass is 32.2. The third-order valence-corrected chi connectivity index (χ3v) is 3.09. The summed E-state index contributed by atoms with van der Waals surface area (Å²) < 4.78 is 0. The fourth-order valence-electron chi connectivity index (χ4n) is 1.31. The van der Waals surface area contributed by atoms with Crippen molar-refractivity contribution in [3.05, 3.63) is 0 Å². The van der Waals surface area contributed by atoms with Crippen LogP contribution in [0.1, 0.15) is 13.8 Å². The molecule has 1 aliphatic heterocycles. The molecule has 0 aromatic rings. The number of nitrogens with zero attached hydrogens (tertiary/aromatic N) is 1. The maximum atomic E-state index is 11.0. The number of aliphatic carboxylic acids is 1. The summed E-state index contributed by atoms with van der Waals surface area (Å²) in [6, 6.07) is -0.637. The number of hydrogen-bond acceptors (Lipinski definition) is 3. The van der Waals surface area contributed by atoms with Gasteiger partial charge in [0.1, 0.15) is 6.04 Å². The molecular weight excluding hydrogens is 178 g/mol. The van der Waals surface area contributed by atoms with Gasteiger partial charge in [0, 0.05) is 12.7 Å². The Morgan fingerprint density at radius 3 is 2.50 bits per heavy atom. The van der Waals surface area contributed by atoms with Gasteiger partial charge in [-0.05, 0) is 6.92 Å². The first kappa shape index (κ1) is 9.38. The van der Waals surface area contributed by atoms with Crippen LogP contribution in [-0.4, -0.2) is 39.1 Å². The molecule has 0 spiro atoms. The van der Waals surface area contributed by atoms with Gasteiger partial charge in [-0.3, -0.25) is 4.79 Å². The highest BCUT2D eigenvalue weighted by Gasteiger charge is 2.37. The Morgan fingerprint density at radius 2 is 2.17 bits per heavy atom. The van der Waals surface area contributed by atoms with E-state index in [1.165, 1.54) is 23.6 Å². The van der Waals surface area contributed by atoms with E-state index in [4.69, 9.17) is 5.11 Å². The zero-order valence-electron chi connectivity index (χ0n) is 6.98. The van der Waals surface area contributed by atoms with Gasteiger partial charge in [0.25, 0.3) is 0 Å². The molecule has 2 unspecified atom stereocenters. The fourth-order valence-corrected chi connectivity index (χ4v) is 2.53. The van der Waals surface area contributed by atoms with Crippen molar-refractivity contribution >= 4 is 23.6 Å². The van der Waals surface area contributed by atoms with Crippen LogP contribution in [0.5, 0.6) is 0 Å². The van der Waals surface area contributed by atoms with E-state index in [0.717, 1.165) is 0 Å². The zero-order valence-corrected chi connectivity index (χ0v) is 7.80. The summed E-state index contributed by atoms with van der Waals surface area (Å²) in [7, 11) is 0. The number of rotatable bonds is 1. The normalized spacial score (nSPS) is 29.0. The second-order valence-electron chi connectivity index (χ2n) is 2.71. The summed E-state index contributed by atoms with van der Waals surface area (Å²) in [4.78, 5) is 23.1. The monoisotopic (exact) mass is 189 g/mol. The molecule has 0 radical (unpaired) electrons. The zero-order chi connectivity index (χ0) is 9.30. The minimum Gasteiger partial charge on any atom is -0.480 e. The van der Waals surface area contributed by atoms with Gasteiger partial charge in [0.2, 0.25) is 5.91 Å². The lowest BCUT2D eigenvalue weighted by molar-refractivity contribution is -0.148. The standard InChI is InChI=1S/C7H11NO3S/c1-4(9)8-5(2)12-3-6(8)7(10)11/h5-6H,3H2,1-2H3,(H,10,11). The highest BCUT2D eigenvalue weighted by molar-refractivity contribution is 8.00. The van der Waals surface area contributed by atoms with E-state index >= 15 is 0 Å². The number of thioether (sulfide) groups is 1. The molecule has 1 N–H and O–H groups in total. The Labute approximate surface area is 74.9 Å². The Balaban J connectivity index is 2.77. The largest absolute Gasteiger partial charge is 0.480 e. The Morgan fingerprint density at radius 1 is 1.58 bits per heavy atom. The smallest absolute Gasteiger partial charge is 0.327 e. The predicted molar refractivity (Wildman–Crippen MR) is 45.9 cm³/mol. The van der Waals surface area contributed by atoms with Crippen molar-refractivity contribution in [1.29, 1.82) is 0 Å². The summed E-state index contributed by atoms with van der Waals surface area (Å²) in [5.74, 6) is -0.585. The first-order valence-electron chi connectivity index (χ1n) is 3.67. The van der Waals surface area contributed by atoms with Crippen LogP contribution in [0.25, 0.3) is 0 Å². The molecule has 0 aromatic carbocycles. The minimum absolute atomic E-state index is 0.0106. The van der Waals surface area contributed by atoms with Gasteiger partial charge in [-0.15, -0.1) is 11.8 Å². The van der Waals surface area contributed by atoms with Crippen LogP contribution in [0.15, 0.2) is 0 Å². The van der Waals surface area contributed by atoms with Crippen LogP contribution >= 0.6 is 11.8 Å². The van der Waals surface area contributed by atoms with Crippen LogP contribution in [0.3, 0.4) is 0 Å². The fraction of sp³-hybridized carbons (Fsp3) is 0.714. The lowest BCUT2D eigenvalue weighted by Gasteiger charge is -2.22. The second kappa shape index (κ2) is 3.35. The molecule has 4 nitrogen and oxygen atoms in total. The Bertz CT molecular complexity index is 219. The average Bonchev–Trinajstić information content (AvgIpc) is 2.30. The predicted octanol–water partition coefficient (Wildman–Crippen LogP) is 0.381. The lowest BCUT2D eigenvalue weighted by atomic mass is 10.3. The van der Waals surface area contributed by atoms with Crippen molar-refractivity contribution in [2.75, 3.05) is 5.75 Å².